The molecule has 4 aromatic rings. The number of rotatable bonds is 5. The van der Waals surface area contributed by atoms with Crippen LogP contribution < -0.4 is 10.9 Å². The number of nitrogens with zero attached hydrogens (tertiary/aromatic N) is 6. The first-order chi connectivity index (χ1) is 13.6. The fourth-order valence-corrected chi connectivity index (χ4v) is 2.92. The molecule has 140 valence electrons. The molecule has 2 aromatic heterocycles. The van der Waals surface area contributed by atoms with Gasteiger partial charge in [0.2, 0.25) is 5.91 Å². The van der Waals surface area contributed by atoms with E-state index in [1.165, 1.54) is 10.9 Å². The molecule has 0 fully saturated rings. The Balaban J connectivity index is 1.45. The lowest BCUT2D eigenvalue weighted by molar-refractivity contribution is -0.116. The molecule has 2 aromatic carbocycles. The van der Waals surface area contributed by atoms with E-state index < -0.39 is 0 Å². The smallest absolute Gasteiger partial charge is 0.261 e. The number of hydrogen-bond donors (Lipinski definition) is 1. The number of carbonyl (C=O) groups is 1. The predicted molar refractivity (Wildman–Crippen MR) is 103 cm³/mol. The first kappa shape index (κ1) is 17.5. The Morgan fingerprint density at radius 1 is 1.14 bits per heavy atom. The van der Waals surface area contributed by atoms with Gasteiger partial charge in [-0.1, -0.05) is 24.3 Å². The average molecular weight is 375 g/mol. The molecule has 1 amide bonds. The van der Waals surface area contributed by atoms with E-state index in [0.717, 1.165) is 5.56 Å². The van der Waals surface area contributed by atoms with Crippen LogP contribution in [0.3, 0.4) is 0 Å². The number of amides is 1. The fourth-order valence-electron chi connectivity index (χ4n) is 2.92. The van der Waals surface area contributed by atoms with Gasteiger partial charge in [-0.15, -0.1) is 5.10 Å². The van der Waals surface area contributed by atoms with Crippen molar-refractivity contribution in [1.29, 1.82) is 0 Å². The molecular weight excluding hydrogens is 358 g/mol. The molecule has 0 atom stereocenters. The highest BCUT2D eigenvalue weighted by Gasteiger charge is 2.09. The number of aromatic nitrogens is 6. The number of tetrazole rings is 1. The van der Waals surface area contributed by atoms with Crippen LogP contribution in [0.5, 0.6) is 0 Å². The topological polar surface area (TPSA) is 108 Å². The molecule has 0 aliphatic heterocycles. The Kier molecular flexibility index (Phi) is 4.63. The van der Waals surface area contributed by atoms with E-state index in [1.54, 1.807) is 42.1 Å². The van der Waals surface area contributed by atoms with E-state index in [-0.39, 0.29) is 24.4 Å². The predicted octanol–water partition coefficient (Wildman–Crippen LogP) is 1.62. The van der Waals surface area contributed by atoms with Gasteiger partial charge in [0.05, 0.1) is 17.2 Å². The zero-order valence-corrected chi connectivity index (χ0v) is 15.1. The molecule has 0 aliphatic carbocycles. The number of carbonyl (C=O) groups excluding carboxylic acids is 1. The van der Waals surface area contributed by atoms with Gasteiger partial charge in [0.1, 0.15) is 0 Å². The van der Waals surface area contributed by atoms with E-state index in [0.29, 0.717) is 22.4 Å². The normalized spacial score (nSPS) is 10.9. The van der Waals surface area contributed by atoms with Crippen molar-refractivity contribution in [2.24, 2.45) is 7.05 Å². The van der Waals surface area contributed by atoms with Gasteiger partial charge in [0, 0.05) is 31.3 Å². The molecule has 9 nitrogen and oxygen atoms in total. The second kappa shape index (κ2) is 7.39. The number of hydrogen-bond acceptors (Lipinski definition) is 6. The van der Waals surface area contributed by atoms with Crippen molar-refractivity contribution in [3.8, 4) is 11.4 Å². The number of fused-ring (bicyclic) bond motifs is 1. The zero-order valence-electron chi connectivity index (χ0n) is 15.1. The summed E-state index contributed by atoms with van der Waals surface area (Å²) in [5.41, 5.74) is 1.91. The molecule has 2 heterocycles. The molecule has 28 heavy (non-hydrogen) atoms. The summed E-state index contributed by atoms with van der Waals surface area (Å²) in [6.45, 7) is 0.245. The van der Waals surface area contributed by atoms with Crippen molar-refractivity contribution in [3.63, 3.8) is 0 Å². The van der Waals surface area contributed by atoms with Gasteiger partial charge in [-0.3, -0.25) is 14.2 Å². The fraction of sp³-hybridized carbons (Fsp3) is 0.158. The quantitative estimate of drug-likeness (QED) is 0.568. The maximum atomic E-state index is 12.5. The number of para-hydroxylation sites is 1. The molecule has 0 bridgehead atoms. The number of nitrogens with one attached hydrogen (secondary N) is 1. The summed E-state index contributed by atoms with van der Waals surface area (Å²) in [5.74, 6) is 0.401. The number of aryl methyl sites for hydroxylation is 2. The number of anilines is 1. The van der Waals surface area contributed by atoms with Gasteiger partial charge in [0.25, 0.3) is 5.56 Å². The third-order valence-electron chi connectivity index (χ3n) is 4.34. The first-order valence-electron chi connectivity index (χ1n) is 8.68. The monoisotopic (exact) mass is 375 g/mol. The second-order valence-corrected chi connectivity index (χ2v) is 6.27. The van der Waals surface area contributed by atoms with Gasteiger partial charge in [-0.2, -0.15) is 0 Å². The molecule has 0 saturated carbocycles. The van der Waals surface area contributed by atoms with Crippen LogP contribution in [-0.2, 0) is 18.4 Å². The van der Waals surface area contributed by atoms with E-state index >= 15 is 0 Å². The lowest BCUT2D eigenvalue weighted by atomic mass is 10.2. The third-order valence-corrected chi connectivity index (χ3v) is 4.34. The molecule has 0 radical (unpaired) electrons. The van der Waals surface area contributed by atoms with Crippen LogP contribution in [0.4, 0.5) is 5.69 Å². The summed E-state index contributed by atoms with van der Waals surface area (Å²) in [5, 5.41) is 14.8. The van der Waals surface area contributed by atoms with Crippen LogP contribution >= 0.6 is 0 Å². The maximum absolute atomic E-state index is 12.5. The van der Waals surface area contributed by atoms with E-state index in [2.05, 4.69) is 25.8 Å². The van der Waals surface area contributed by atoms with Gasteiger partial charge in [-0.25, -0.2) is 9.67 Å². The highest BCUT2D eigenvalue weighted by Crippen LogP contribution is 2.19. The number of benzene rings is 2. The minimum absolute atomic E-state index is 0.148. The van der Waals surface area contributed by atoms with Crippen LogP contribution in [0, 0.1) is 0 Å². The summed E-state index contributed by atoms with van der Waals surface area (Å²) in [4.78, 5) is 29.1. The average Bonchev–Trinajstić information content (AvgIpc) is 3.14. The summed E-state index contributed by atoms with van der Waals surface area (Å²) in [6.07, 6.45) is 1.62. The van der Waals surface area contributed by atoms with Crippen molar-refractivity contribution in [3.05, 3.63) is 65.2 Å². The first-order valence-corrected chi connectivity index (χ1v) is 8.68. The second-order valence-electron chi connectivity index (χ2n) is 6.27. The van der Waals surface area contributed by atoms with Crippen LogP contribution in [0.1, 0.15) is 6.42 Å². The Labute approximate surface area is 159 Å². The summed E-state index contributed by atoms with van der Waals surface area (Å²) >= 11 is 0. The van der Waals surface area contributed by atoms with Crippen LogP contribution in [0.15, 0.2) is 59.7 Å². The summed E-state index contributed by atoms with van der Waals surface area (Å²) in [7, 11) is 1.75. The Bertz CT molecular complexity index is 1210. The molecular formula is C19H17N7O2. The van der Waals surface area contributed by atoms with E-state index in [1.807, 2.05) is 18.2 Å². The van der Waals surface area contributed by atoms with Crippen molar-refractivity contribution >= 4 is 22.5 Å². The summed E-state index contributed by atoms with van der Waals surface area (Å²) < 4.78 is 3.00. The molecule has 0 unspecified atom stereocenters. The van der Waals surface area contributed by atoms with Gasteiger partial charge >= 0.3 is 0 Å². The third kappa shape index (κ3) is 3.50. The van der Waals surface area contributed by atoms with Crippen LogP contribution in [0.2, 0.25) is 0 Å². The highest BCUT2D eigenvalue weighted by molar-refractivity contribution is 5.91. The molecule has 4 rings (SSSR count). The van der Waals surface area contributed by atoms with Gasteiger partial charge < -0.3 is 5.32 Å². The van der Waals surface area contributed by atoms with Gasteiger partial charge in [-0.05, 0) is 34.7 Å². The zero-order chi connectivity index (χ0) is 19.5. The summed E-state index contributed by atoms with van der Waals surface area (Å²) in [6, 6.07) is 14.4. The van der Waals surface area contributed by atoms with Crippen LogP contribution in [-0.4, -0.2) is 35.7 Å². The van der Waals surface area contributed by atoms with Crippen molar-refractivity contribution in [2.75, 3.05) is 5.32 Å². The van der Waals surface area contributed by atoms with Crippen molar-refractivity contribution in [2.45, 2.75) is 13.0 Å². The lowest BCUT2D eigenvalue weighted by Gasteiger charge is -2.09. The molecule has 0 saturated heterocycles. The Morgan fingerprint density at radius 2 is 2.00 bits per heavy atom. The van der Waals surface area contributed by atoms with Gasteiger partial charge in [0.15, 0.2) is 5.82 Å². The molecule has 0 spiro atoms. The Morgan fingerprint density at radius 3 is 2.82 bits per heavy atom. The Hall–Kier alpha value is -3.88. The maximum Gasteiger partial charge on any atom is 0.261 e. The van der Waals surface area contributed by atoms with Crippen molar-refractivity contribution < 1.29 is 4.79 Å². The van der Waals surface area contributed by atoms with Crippen LogP contribution in [0.25, 0.3) is 22.3 Å². The largest absolute Gasteiger partial charge is 0.326 e. The highest BCUT2D eigenvalue weighted by atomic mass is 16.2. The van der Waals surface area contributed by atoms with Crippen molar-refractivity contribution in [1.82, 2.24) is 29.8 Å². The molecule has 0 aliphatic rings. The lowest BCUT2D eigenvalue weighted by Crippen LogP contribution is -2.23. The van der Waals surface area contributed by atoms with E-state index in [9.17, 15) is 9.59 Å². The molecule has 9 heteroatoms. The standard InChI is InChI=1S/C19H17N7O2/c1-25-18(22-23-24-25)13-5-4-6-14(11-13)21-17(27)9-10-26-12-20-16-8-3-2-7-15(16)19(26)28/h2-8,11-12H,9-10H2,1H3,(H,21,27). The minimum Gasteiger partial charge on any atom is -0.326 e. The molecule has 1 N–H and O–H groups in total. The van der Waals surface area contributed by atoms with E-state index in [4.69, 9.17) is 0 Å². The SMILES string of the molecule is Cn1nnnc1-c1cccc(NC(=O)CCn2cnc3ccccc3c2=O)c1. The minimum atomic E-state index is -0.201.